The number of hydrogen-bond donors (Lipinski definition) is 1. The lowest BCUT2D eigenvalue weighted by molar-refractivity contribution is -0.141. The predicted octanol–water partition coefficient (Wildman–Crippen LogP) is 3.92. The van der Waals surface area contributed by atoms with E-state index in [1.165, 1.54) is 11.1 Å². The molecule has 2 atom stereocenters. The van der Waals surface area contributed by atoms with Crippen LogP contribution in [0.15, 0.2) is 24.3 Å². The van der Waals surface area contributed by atoms with E-state index in [4.69, 9.17) is 5.11 Å². The second-order valence-electron chi connectivity index (χ2n) is 5.67. The minimum Gasteiger partial charge on any atom is -0.481 e. The zero-order valence-electron chi connectivity index (χ0n) is 11.8. The number of carbonyl (C=O) groups is 1. The lowest BCUT2D eigenvalue weighted by Gasteiger charge is -2.23. The second kappa shape index (κ2) is 6.58. The van der Waals surface area contributed by atoms with Gasteiger partial charge in [0.05, 0.1) is 5.92 Å². The van der Waals surface area contributed by atoms with E-state index in [2.05, 4.69) is 45.0 Å². The van der Waals surface area contributed by atoms with Gasteiger partial charge in [-0.05, 0) is 37.2 Å². The molecule has 0 bridgehead atoms. The topological polar surface area (TPSA) is 37.3 Å². The summed E-state index contributed by atoms with van der Waals surface area (Å²) in [6.07, 6.45) is 1.72. The van der Waals surface area contributed by atoms with Crippen molar-refractivity contribution in [1.29, 1.82) is 0 Å². The van der Waals surface area contributed by atoms with Crippen LogP contribution in [-0.4, -0.2) is 11.1 Å². The van der Waals surface area contributed by atoms with Gasteiger partial charge >= 0.3 is 5.97 Å². The molecule has 0 aliphatic carbocycles. The highest BCUT2D eigenvalue weighted by Gasteiger charge is 2.21. The molecule has 0 radical (unpaired) electrons. The van der Waals surface area contributed by atoms with Crippen molar-refractivity contribution in [2.45, 2.75) is 40.5 Å². The van der Waals surface area contributed by atoms with Crippen LogP contribution < -0.4 is 0 Å². The number of aliphatic carboxylic acids is 1. The molecule has 0 aliphatic rings. The number of carboxylic acids is 1. The summed E-state index contributed by atoms with van der Waals surface area (Å²) in [5.41, 5.74) is 2.57. The summed E-state index contributed by atoms with van der Waals surface area (Å²) in [7, 11) is 0. The molecule has 0 aliphatic heterocycles. The van der Waals surface area contributed by atoms with Crippen molar-refractivity contribution in [3.8, 4) is 0 Å². The van der Waals surface area contributed by atoms with Gasteiger partial charge < -0.3 is 5.11 Å². The van der Waals surface area contributed by atoms with E-state index in [-0.39, 0.29) is 5.92 Å². The molecule has 100 valence electrons. The molecule has 1 rings (SSSR count). The van der Waals surface area contributed by atoms with Gasteiger partial charge in [0.2, 0.25) is 0 Å². The van der Waals surface area contributed by atoms with E-state index in [0.717, 1.165) is 12.8 Å². The van der Waals surface area contributed by atoms with Gasteiger partial charge in [-0.15, -0.1) is 0 Å². The van der Waals surface area contributed by atoms with Crippen LogP contribution in [0.5, 0.6) is 0 Å². The lowest BCUT2D eigenvalue weighted by atomic mass is 9.82. The van der Waals surface area contributed by atoms with E-state index < -0.39 is 5.97 Å². The lowest BCUT2D eigenvalue weighted by Crippen LogP contribution is -2.20. The Morgan fingerprint density at radius 3 is 2.17 bits per heavy atom. The number of rotatable bonds is 6. The monoisotopic (exact) mass is 248 g/mol. The van der Waals surface area contributed by atoms with Crippen LogP contribution in [0.4, 0.5) is 0 Å². The highest BCUT2D eigenvalue weighted by molar-refractivity contribution is 5.69. The van der Waals surface area contributed by atoms with Crippen LogP contribution in [0.25, 0.3) is 0 Å². The van der Waals surface area contributed by atoms with Crippen LogP contribution in [0.3, 0.4) is 0 Å². The minimum atomic E-state index is -0.690. The molecule has 1 unspecified atom stereocenters. The maximum absolute atomic E-state index is 11.0. The molecule has 0 saturated heterocycles. The summed E-state index contributed by atoms with van der Waals surface area (Å²) in [6, 6.07) is 8.53. The fourth-order valence-electron chi connectivity index (χ4n) is 2.17. The molecule has 0 heterocycles. The Bertz CT molecular complexity index is 379. The van der Waals surface area contributed by atoms with Crippen molar-refractivity contribution >= 4 is 5.97 Å². The first-order chi connectivity index (χ1) is 8.40. The standard InChI is InChI=1S/C16H24O2/c1-11(2)15(9-13(4)16(17)18)10-14-7-5-12(3)6-8-14/h5-8,11,13,15H,9-10H2,1-4H3,(H,17,18)/t13?,15-/m1/s1. The third kappa shape index (κ3) is 4.52. The minimum absolute atomic E-state index is 0.261. The second-order valence-corrected chi connectivity index (χ2v) is 5.67. The zero-order chi connectivity index (χ0) is 13.7. The number of hydrogen-bond acceptors (Lipinski definition) is 1. The molecule has 1 aromatic rings. The summed E-state index contributed by atoms with van der Waals surface area (Å²) in [5.74, 6) is -0.0145. The Morgan fingerprint density at radius 1 is 1.17 bits per heavy atom. The maximum atomic E-state index is 11.0. The van der Waals surface area contributed by atoms with Crippen molar-refractivity contribution < 1.29 is 9.90 Å². The van der Waals surface area contributed by atoms with E-state index in [1.54, 1.807) is 6.92 Å². The summed E-state index contributed by atoms with van der Waals surface area (Å²) in [5, 5.41) is 9.02. The molecule has 2 heteroatoms. The molecule has 0 spiro atoms. The van der Waals surface area contributed by atoms with Gasteiger partial charge in [-0.25, -0.2) is 0 Å². The maximum Gasteiger partial charge on any atom is 0.306 e. The van der Waals surface area contributed by atoms with Gasteiger partial charge in [0, 0.05) is 0 Å². The summed E-state index contributed by atoms with van der Waals surface area (Å²) in [6.45, 7) is 8.23. The number of benzene rings is 1. The summed E-state index contributed by atoms with van der Waals surface area (Å²) < 4.78 is 0. The van der Waals surface area contributed by atoms with Gasteiger partial charge in [-0.2, -0.15) is 0 Å². The molecule has 0 aromatic heterocycles. The zero-order valence-corrected chi connectivity index (χ0v) is 11.8. The Hall–Kier alpha value is -1.31. The van der Waals surface area contributed by atoms with Crippen LogP contribution >= 0.6 is 0 Å². The fourth-order valence-corrected chi connectivity index (χ4v) is 2.17. The molecule has 0 amide bonds. The highest BCUT2D eigenvalue weighted by atomic mass is 16.4. The van der Waals surface area contributed by atoms with Crippen LogP contribution in [0.1, 0.15) is 38.3 Å². The van der Waals surface area contributed by atoms with Gasteiger partial charge in [0.25, 0.3) is 0 Å². The van der Waals surface area contributed by atoms with Crippen LogP contribution in [0, 0.1) is 24.7 Å². The molecule has 1 N–H and O–H groups in total. The molecule has 1 aromatic carbocycles. The Balaban J connectivity index is 2.68. The molecular weight excluding hydrogens is 224 g/mol. The quantitative estimate of drug-likeness (QED) is 0.828. The normalized spacial score (nSPS) is 14.5. The molecular formula is C16H24O2. The molecule has 0 saturated carbocycles. The third-order valence-corrected chi connectivity index (χ3v) is 3.64. The Labute approximate surface area is 110 Å². The van der Waals surface area contributed by atoms with E-state index in [1.807, 2.05) is 0 Å². The predicted molar refractivity (Wildman–Crippen MR) is 74.6 cm³/mol. The van der Waals surface area contributed by atoms with E-state index >= 15 is 0 Å². The van der Waals surface area contributed by atoms with Gasteiger partial charge in [0.1, 0.15) is 0 Å². The summed E-state index contributed by atoms with van der Waals surface area (Å²) >= 11 is 0. The van der Waals surface area contributed by atoms with Gasteiger partial charge in [-0.3, -0.25) is 4.79 Å². The largest absolute Gasteiger partial charge is 0.481 e. The van der Waals surface area contributed by atoms with E-state index in [0.29, 0.717) is 11.8 Å². The van der Waals surface area contributed by atoms with Gasteiger partial charge in [0.15, 0.2) is 0 Å². The average molecular weight is 248 g/mol. The molecule has 0 fully saturated rings. The van der Waals surface area contributed by atoms with Crippen molar-refractivity contribution in [3.05, 3.63) is 35.4 Å². The molecule has 2 nitrogen and oxygen atoms in total. The van der Waals surface area contributed by atoms with Crippen LogP contribution in [-0.2, 0) is 11.2 Å². The first-order valence-electron chi connectivity index (χ1n) is 6.68. The number of aryl methyl sites for hydroxylation is 1. The van der Waals surface area contributed by atoms with E-state index in [9.17, 15) is 4.79 Å². The first kappa shape index (κ1) is 14.7. The van der Waals surface area contributed by atoms with Crippen molar-refractivity contribution in [1.82, 2.24) is 0 Å². The van der Waals surface area contributed by atoms with Crippen LogP contribution in [0.2, 0.25) is 0 Å². The van der Waals surface area contributed by atoms with Crippen molar-refractivity contribution in [2.75, 3.05) is 0 Å². The highest BCUT2D eigenvalue weighted by Crippen LogP contribution is 2.25. The fraction of sp³-hybridized carbons (Fsp3) is 0.562. The molecule has 18 heavy (non-hydrogen) atoms. The third-order valence-electron chi connectivity index (χ3n) is 3.64. The smallest absolute Gasteiger partial charge is 0.306 e. The average Bonchev–Trinajstić information content (AvgIpc) is 2.30. The Morgan fingerprint density at radius 2 is 1.72 bits per heavy atom. The first-order valence-corrected chi connectivity index (χ1v) is 6.68. The number of carboxylic acid groups (broad SMARTS) is 1. The SMILES string of the molecule is Cc1ccc(C[C@@H](CC(C)C(=O)O)C(C)C)cc1. The van der Waals surface area contributed by atoms with Gasteiger partial charge in [-0.1, -0.05) is 50.6 Å². The van der Waals surface area contributed by atoms with Crippen molar-refractivity contribution in [2.24, 2.45) is 17.8 Å². The summed E-state index contributed by atoms with van der Waals surface area (Å²) in [4.78, 5) is 11.0. The Kier molecular flexibility index (Phi) is 5.39. The van der Waals surface area contributed by atoms with Crippen molar-refractivity contribution in [3.63, 3.8) is 0 Å².